The molecule has 13 heteroatoms. The van der Waals surface area contributed by atoms with Gasteiger partial charge in [0.1, 0.15) is 11.5 Å². The average molecular weight is 1340 g/mol. The van der Waals surface area contributed by atoms with Crippen molar-refractivity contribution in [3.63, 3.8) is 0 Å². The maximum Gasteiger partial charge on any atom is 0 e. The maximum atomic E-state index is 14.9. The van der Waals surface area contributed by atoms with Gasteiger partial charge in [-0.1, -0.05) is 74.4 Å². The van der Waals surface area contributed by atoms with Crippen molar-refractivity contribution in [3.05, 3.63) is 176 Å². The third-order valence-corrected chi connectivity index (χ3v) is 11.9. The Kier molecular flexibility index (Phi) is 41.6. The van der Waals surface area contributed by atoms with E-state index in [2.05, 4.69) is 57.0 Å². The zero-order chi connectivity index (χ0) is 51.7. The van der Waals surface area contributed by atoms with E-state index in [0.717, 1.165) is 91.7 Å². The van der Waals surface area contributed by atoms with Crippen molar-refractivity contribution in [3.8, 4) is 11.5 Å². The minimum absolute atomic E-state index is 0. The van der Waals surface area contributed by atoms with E-state index in [1.54, 1.807) is 64.1 Å². The summed E-state index contributed by atoms with van der Waals surface area (Å²) in [6.45, 7) is 29.8. The first-order valence-corrected chi connectivity index (χ1v) is 28.5. The largest absolute Gasteiger partial charge is 0 e. The van der Waals surface area contributed by atoms with E-state index in [1.807, 2.05) is 99.6 Å². The first kappa shape index (κ1) is 74.9. The minimum Gasteiger partial charge on any atom is 0 e. The summed E-state index contributed by atoms with van der Waals surface area (Å²) in [5.74, 6) is 1.05. The van der Waals surface area contributed by atoms with E-state index in [0.29, 0.717) is 28.2 Å². The number of hydrogen-bond acceptors (Lipinski definition) is 3. The van der Waals surface area contributed by atoms with E-state index >= 15 is 0 Å². The van der Waals surface area contributed by atoms with Crippen LogP contribution >= 0.6 is 58.5 Å². The van der Waals surface area contributed by atoms with E-state index in [4.69, 9.17) is 24.3 Å². The Morgan fingerprint density at radius 1 is 0.657 bits per heavy atom. The minimum atomic E-state index is -3.37. The summed E-state index contributed by atoms with van der Waals surface area (Å²) in [7, 11) is 4.76. The van der Waals surface area contributed by atoms with Crippen molar-refractivity contribution in [2.24, 2.45) is 5.92 Å². The molecule has 0 heterocycles. The van der Waals surface area contributed by atoms with Crippen LogP contribution in [0.1, 0.15) is 132 Å². The number of hydrogen-bond donors (Lipinski definition) is 1. The van der Waals surface area contributed by atoms with Crippen LogP contribution in [-0.4, -0.2) is 16.5 Å². The summed E-state index contributed by atoms with van der Waals surface area (Å²) in [4.78, 5) is 0. The van der Waals surface area contributed by atoms with Crippen LogP contribution < -0.4 is 9.47 Å². The van der Waals surface area contributed by atoms with Crippen molar-refractivity contribution < 1.29 is 69.9 Å². The molecule has 1 saturated carbocycles. The Hall–Kier alpha value is -1.60. The Labute approximate surface area is 476 Å². The molecule has 70 heavy (non-hydrogen) atoms. The Morgan fingerprint density at radius 3 is 1.23 bits per heavy atom. The van der Waals surface area contributed by atoms with Crippen LogP contribution in [0.4, 0.5) is 17.6 Å². The molecule has 4 aromatic rings. The zero-order valence-electron chi connectivity index (χ0n) is 44.2. The quantitative estimate of drug-likeness (QED) is 0.0477. The van der Waals surface area contributed by atoms with E-state index in [1.165, 1.54) is 12.8 Å². The molecule has 0 spiro atoms. The van der Waals surface area contributed by atoms with Crippen LogP contribution in [0.5, 0.6) is 11.5 Å². The Bertz CT molecular complexity index is 2100. The smallest absolute Gasteiger partial charge is 0 e. The molecule has 1 aliphatic carbocycles. The summed E-state index contributed by atoms with van der Waals surface area (Å²) >= 11 is 7.47. The number of ether oxygens (including phenoxy) is 2. The van der Waals surface area contributed by atoms with Crippen LogP contribution in [0.15, 0.2) is 89.5 Å². The molecule has 3 nitrogen and oxygen atoms in total. The van der Waals surface area contributed by atoms with Crippen molar-refractivity contribution in [1.82, 2.24) is 0 Å². The second kappa shape index (κ2) is 38.9. The fourth-order valence-electron chi connectivity index (χ4n) is 6.93. The van der Waals surface area contributed by atoms with Gasteiger partial charge in [-0.25, -0.2) is 0 Å². The van der Waals surface area contributed by atoms with Gasteiger partial charge in [0.05, 0.1) is 17.2 Å². The van der Waals surface area contributed by atoms with Crippen molar-refractivity contribution in [1.29, 1.82) is 0 Å². The second-order valence-electron chi connectivity index (χ2n) is 16.7. The van der Waals surface area contributed by atoms with Crippen LogP contribution in [-0.2, 0) is 56.4 Å². The summed E-state index contributed by atoms with van der Waals surface area (Å²) in [6.07, 6.45) is 11.8. The van der Waals surface area contributed by atoms with Crippen molar-refractivity contribution in [2.75, 3.05) is 5.33 Å². The van der Waals surface area contributed by atoms with Gasteiger partial charge in [0.15, 0.2) is 0 Å². The molecule has 1 aliphatic rings. The van der Waals surface area contributed by atoms with Gasteiger partial charge >= 0.3 is 39.2 Å². The normalized spacial score (nSPS) is 12.1. The SMILES string of the molecule is Br.C/C=C/CCBr.C/C=C/CCc1cc(C)c(C(F)(F)Oc2cc(C)c(C)c(C)c2)c(C)c1.CC(O)C1CC1.Cc1cc(OC(F)(F)c2c(C)cc(Br)cc2C)cc(C)c1C.[CH2-]C/C=C/C.[CH3-].[Cl][Zn+].[Pd]. The summed E-state index contributed by atoms with van der Waals surface area (Å²) in [6, 6.07) is 13.7. The molecule has 0 bridgehead atoms. The number of rotatable bonds is 13. The number of allylic oxidation sites excluding steroid dienone is 6. The van der Waals surface area contributed by atoms with Crippen molar-refractivity contribution in [2.45, 2.75) is 154 Å². The van der Waals surface area contributed by atoms with Crippen LogP contribution in [0, 0.1) is 89.5 Å². The average Bonchev–Trinajstić information content (AvgIpc) is 4.09. The molecule has 1 fully saturated rings. The maximum absolute atomic E-state index is 14.9. The third kappa shape index (κ3) is 27.6. The van der Waals surface area contributed by atoms with Gasteiger partial charge in [0.25, 0.3) is 0 Å². The topological polar surface area (TPSA) is 38.7 Å². The van der Waals surface area contributed by atoms with Gasteiger partial charge in [-0.05, 0) is 233 Å². The predicted molar refractivity (Wildman–Crippen MR) is 298 cm³/mol. The molecule has 0 aliphatic heterocycles. The summed E-state index contributed by atoms with van der Waals surface area (Å²) in [5, 5.41) is 9.77. The van der Waals surface area contributed by atoms with E-state index < -0.39 is 12.2 Å². The van der Waals surface area contributed by atoms with Gasteiger partial charge < -0.3 is 28.9 Å². The molecule has 0 aromatic heterocycles. The fraction of sp³-hybridized carbons (Fsp3) is 0.439. The zero-order valence-corrected chi connectivity index (χ0v) is 54.4. The van der Waals surface area contributed by atoms with Gasteiger partial charge in [0, 0.05) is 30.2 Å². The molecular formula is C57H79Br3ClF4O3PdZn-. The molecule has 1 unspecified atom stereocenters. The van der Waals surface area contributed by atoms with Crippen LogP contribution in [0.25, 0.3) is 0 Å². The number of alkyl halides is 5. The Balaban J connectivity index is -0.000000443. The number of aryl methyl sites for hydroxylation is 9. The number of halogens is 8. The molecule has 0 saturated heterocycles. The first-order valence-electron chi connectivity index (χ1n) is 22.7. The summed E-state index contributed by atoms with van der Waals surface area (Å²) in [5.41, 5.74) is 9.03. The monoisotopic (exact) mass is 1330 g/mol. The van der Waals surface area contributed by atoms with Crippen LogP contribution in [0.2, 0.25) is 0 Å². The van der Waals surface area contributed by atoms with Gasteiger partial charge in [0.2, 0.25) is 0 Å². The first-order chi connectivity index (χ1) is 31.4. The number of benzene rings is 4. The second-order valence-corrected chi connectivity index (χ2v) is 18.4. The van der Waals surface area contributed by atoms with E-state index in [-0.39, 0.29) is 73.6 Å². The molecule has 0 amide bonds. The number of aliphatic hydroxyl groups is 1. The van der Waals surface area contributed by atoms with E-state index in [9.17, 15) is 17.6 Å². The molecule has 4 aromatic carbocycles. The molecule has 1 atom stereocenters. The van der Waals surface area contributed by atoms with Crippen LogP contribution in [0.3, 0.4) is 0 Å². The van der Waals surface area contributed by atoms with Gasteiger partial charge in [-0.2, -0.15) is 24.0 Å². The molecule has 0 radical (unpaired) electrons. The summed E-state index contributed by atoms with van der Waals surface area (Å²) < 4.78 is 70.1. The van der Waals surface area contributed by atoms with Gasteiger partial charge in [-0.3, -0.25) is 0 Å². The number of aliphatic hydroxyl groups excluding tert-OH is 1. The molecule has 1 N–H and O–H groups in total. The Morgan fingerprint density at radius 2 is 0.986 bits per heavy atom. The van der Waals surface area contributed by atoms with Crippen molar-refractivity contribution >= 4 is 58.5 Å². The third-order valence-electron chi connectivity index (χ3n) is 11.0. The molecule has 5 rings (SSSR count). The van der Waals surface area contributed by atoms with Gasteiger partial charge in [-0.15, -0.1) is 23.1 Å². The molecule has 394 valence electrons. The fourth-order valence-corrected chi connectivity index (χ4v) is 7.88. The standard InChI is InChI=1S/C23H28F2O.C18H19BrF2O.C5H9Br.C5H10O.C5H9.CH3.BrH.ClH.Pd.Zn/c1-7-8-9-10-20-11-17(4)22(18(5)12-20)23(24,25)26-21-13-15(2)19(6)16(3)14-21;1-10-8-16(9-11(2)14(10)5)22-18(20,21)17-12(3)6-15(19)7-13(17)4;1-2-3-4-5-6;1-4(6)5-2-3-5;1-3-5-4-2;;;;;/h7-8,11-14H,9-10H2,1-6H3;6-9H,1-5H3;2-3H,4-5H2,1H3;4-6H,2-3H2,1H3;4-5H,1,3H2,2H3;1H3;2*1H;;/q;;;;2*-1;;;;+2/p-1/b8-7+;;3-2+;;5-4+;;;;;. The predicted octanol–water partition coefficient (Wildman–Crippen LogP) is 19.6. The molecular weight excluding hydrogens is 1260 g/mol.